The molecule has 2 N–H and O–H groups in total. The molecule has 2 nitrogen and oxygen atoms in total. The quantitative estimate of drug-likeness (QED) is 0.621. The molecule has 0 aliphatic heterocycles. The van der Waals surface area contributed by atoms with E-state index in [0.717, 1.165) is 25.7 Å². The average Bonchev–Trinajstić information content (AvgIpc) is 1.98. The fourth-order valence-electron chi connectivity index (χ4n) is 1.85. The Morgan fingerprint density at radius 3 is 2.82 bits per heavy atom. The highest BCUT2D eigenvalue weighted by atomic mass is 14.7. The van der Waals surface area contributed by atoms with Crippen molar-refractivity contribution in [2.75, 3.05) is 0 Å². The van der Waals surface area contributed by atoms with E-state index in [9.17, 15) is 0 Å². The van der Waals surface area contributed by atoms with E-state index in [2.05, 4.69) is 13.0 Å². The summed E-state index contributed by atoms with van der Waals surface area (Å²) in [5, 5.41) is 8.49. The summed E-state index contributed by atoms with van der Waals surface area (Å²) in [7, 11) is 0. The maximum Gasteiger partial charge on any atom is 0.0624 e. The fourth-order valence-corrected chi connectivity index (χ4v) is 1.85. The molecular weight excluding hydrogens is 136 g/mol. The van der Waals surface area contributed by atoms with Gasteiger partial charge in [-0.25, -0.2) is 0 Å². The molecule has 0 saturated heterocycles. The minimum atomic E-state index is 0.380. The summed E-state index contributed by atoms with van der Waals surface area (Å²) in [6, 6.07) is 2.61. The molecule has 0 aromatic carbocycles. The summed E-state index contributed by atoms with van der Waals surface area (Å²) in [6.07, 6.45) is 4.12. The summed E-state index contributed by atoms with van der Waals surface area (Å²) < 4.78 is 0. The van der Waals surface area contributed by atoms with Crippen LogP contribution in [-0.4, -0.2) is 6.04 Å². The number of hydrogen-bond donors (Lipinski definition) is 1. The molecule has 1 rings (SSSR count). The van der Waals surface area contributed by atoms with Crippen molar-refractivity contribution >= 4 is 0 Å². The van der Waals surface area contributed by atoms with Gasteiger partial charge in [0.15, 0.2) is 0 Å². The Morgan fingerprint density at radius 1 is 1.55 bits per heavy atom. The van der Waals surface area contributed by atoms with E-state index in [-0.39, 0.29) is 0 Å². The van der Waals surface area contributed by atoms with Crippen LogP contribution >= 0.6 is 0 Å². The Labute approximate surface area is 68.4 Å². The number of nitriles is 1. The zero-order valence-electron chi connectivity index (χ0n) is 7.09. The van der Waals surface area contributed by atoms with Gasteiger partial charge in [0.1, 0.15) is 0 Å². The normalized spacial score (nSPS) is 38.1. The number of nitrogens with two attached hydrogens (primary N) is 1. The van der Waals surface area contributed by atoms with Gasteiger partial charge in [-0.1, -0.05) is 6.92 Å². The van der Waals surface area contributed by atoms with Gasteiger partial charge in [-0.15, -0.1) is 0 Å². The highest BCUT2D eigenvalue weighted by Gasteiger charge is 2.24. The predicted molar refractivity (Wildman–Crippen MR) is 44.7 cm³/mol. The summed E-state index contributed by atoms with van der Waals surface area (Å²) in [5.74, 6) is 1.23. The van der Waals surface area contributed by atoms with Crippen molar-refractivity contribution in [1.29, 1.82) is 5.26 Å². The molecule has 62 valence electrons. The second kappa shape index (κ2) is 3.73. The fraction of sp³-hybridized carbons (Fsp3) is 0.889. The van der Waals surface area contributed by atoms with Crippen molar-refractivity contribution in [2.45, 2.75) is 38.6 Å². The van der Waals surface area contributed by atoms with E-state index >= 15 is 0 Å². The molecule has 11 heavy (non-hydrogen) atoms. The van der Waals surface area contributed by atoms with Crippen LogP contribution in [0.5, 0.6) is 0 Å². The standard InChI is InChI=1S/C9H16N2/c1-7-6-8(4-5-10)2-3-9(7)11/h7-9H,2-4,6,11H2,1H3/t7-,8?,9+/m1/s1. The summed E-state index contributed by atoms with van der Waals surface area (Å²) in [6.45, 7) is 2.19. The van der Waals surface area contributed by atoms with Gasteiger partial charge in [0.05, 0.1) is 6.07 Å². The van der Waals surface area contributed by atoms with Crippen molar-refractivity contribution in [3.63, 3.8) is 0 Å². The van der Waals surface area contributed by atoms with Crippen LogP contribution in [0.3, 0.4) is 0 Å². The van der Waals surface area contributed by atoms with Crippen LogP contribution in [0.25, 0.3) is 0 Å². The lowest BCUT2D eigenvalue weighted by Crippen LogP contribution is -2.34. The third-order valence-corrected chi connectivity index (χ3v) is 2.72. The lowest BCUT2D eigenvalue weighted by molar-refractivity contribution is 0.251. The number of nitrogens with zero attached hydrogens (tertiary/aromatic N) is 1. The Balaban J connectivity index is 2.35. The van der Waals surface area contributed by atoms with Crippen LogP contribution in [0, 0.1) is 23.2 Å². The van der Waals surface area contributed by atoms with E-state index in [0.29, 0.717) is 17.9 Å². The highest BCUT2D eigenvalue weighted by molar-refractivity contribution is 4.84. The summed E-state index contributed by atoms with van der Waals surface area (Å²) in [4.78, 5) is 0. The van der Waals surface area contributed by atoms with E-state index in [4.69, 9.17) is 11.0 Å². The van der Waals surface area contributed by atoms with Gasteiger partial charge in [0.25, 0.3) is 0 Å². The maximum absolute atomic E-state index is 8.49. The summed E-state index contributed by atoms with van der Waals surface area (Å²) >= 11 is 0. The van der Waals surface area contributed by atoms with Crippen LogP contribution in [0.1, 0.15) is 32.6 Å². The SMILES string of the molecule is C[C@@H]1CC(CC#N)CC[C@@H]1N. The number of hydrogen-bond acceptors (Lipinski definition) is 2. The molecular formula is C9H16N2. The molecule has 0 bridgehead atoms. The predicted octanol–water partition coefficient (Wildman–Crippen LogP) is 1.66. The molecule has 0 spiro atoms. The van der Waals surface area contributed by atoms with Crippen LogP contribution < -0.4 is 5.73 Å². The third-order valence-electron chi connectivity index (χ3n) is 2.72. The molecule has 1 aliphatic rings. The van der Waals surface area contributed by atoms with Crippen molar-refractivity contribution in [2.24, 2.45) is 17.6 Å². The molecule has 0 heterocycles. The van der Waals surface area contributed by atoms with Crippen molar-refractivity contribution < 1.29 is 0 Å². The summed E-state index contributed by atoms with van der Waals surface area (Å²) in [5.41, 5.74) is 5.85. The van der Waals surface area contributed by atoms with Crippen molar-refractivity contribution in [1.82, 2.24) is 0 Å². The lowest BCUT2D eigenvalue weighted by Gasteiger charge is -2.30. The molecule has 0 aromatic rings. The number of rotatable bonds is 1. The first-order valence-corrected chi connectivity index (χ1v) is 4.36. The van der Waals surface area contributed by atoms with Crippen molar-refractivity contribution in [3.8, 4) is 6.07 Å². The minimum Gasteiger partial charge on any atom is -0.327 e. The van der Waals surface area contributed by atoms with E-state index in [1.807, 2.05) is 0 Å². The van der Waals surface area contributed by atoms with E-state index in [1.165, 1.54) is 0 Å². The van der Waals surface area contributed by atoms with Gasteiger partial charge in [-0.2, -0.15) is 5.26 Å². The van der Waals surface area contributed by atoms with Gasteiger partial charge in [0, 0.05) is 12.5 Å². The van der Waals surface area contributed by atoms with Crippen LogP contribution in [0.2, 0.25) is 0 Å². The third kappa shape index (κ3) is 2.20. The van der Waals surface area contributed by atoms with Crippen LogP contribution in [0.15, 0.2) is 0 Å². The van der Waals surface area contributed by atoms with Gasteiger partial charge in [-0.05, 0) is 31.1 Å². The smallest absolute Gasteiger partial charge is 0.0624 e. The molecule has 0 aromatic heterocycles. The molecule has 1 unspecified atom stereocenters. The second-order valence-corrected chi connectivity index (χ2v) is 3.68. The maximum atomic E-state index is 8.49. The topological polar surface area (TPSA) is 49.8 Å². The van der Waals surface area contributed by atoms with Gasteiger partial charge in [-0.3, -0.25) is 0 Å². The molecule has 1 fully saturated rings. The Bertz CT molecular complexity index is 159. The molecule has 2 heteroatoms. The van der Waals surface area contributed by atoms with E-state index < -0.39 is 0 Å². The first-order chi connectivity index (χ1) is 5.24. The van der Waals surface area contributed by atoms with Crippen LogP contribution in [-0.2, 0) is 0 Å². The molecule has 0 amide bonds. The van der Waals surface area contributed by atoms with Gasteiger partial charge < -0.3 is 5.73 Å². The second-order valence-electron chi connectivity index (χ2n) is 3.68. The Morgan fingerprint density at radius 2 is 2.27 bits per heavy atom. The van der Waals surface area contributed by atoms with Crippen molar-refractivity contribution in [3.05, 3.63) is 0 Å². The minimum absolute atomic E-state index is 0.380. The monoisotopic (exact) mass is 152 g/mol. The van der Waals surface area contributed by atoms with Gasteiger partial charge >= 0.3 is 0 Å². The Hall–Kier alpha value is -0.550. The van der Waals surface area contributed by atoms with E-state index in [1.54, 1.807) is 0 Å². The molecule has 1 saturated carbocycles. The largest absolute Gasteiger partial charge is 0.327 e. The zero-order chi connectivity index (χ0) is 8.27. The molecule has 0 radical (unpaired) electrons. The van der Waals surface area contributed by atoms with Gasteiger partial charge in [0.2, 0.25) is 0 Å². The Kier molecular flexibility index (Phi) is 2.90. The first kappa shape index (κ1) is 8.55. The molecule has 1 aliphatic carbocycles. The lowest BCUT2D eigenvalue weighted by atomic mass is 9.78. The molecule has 3 atom stereocenters. The first-order valence-electron chi connectivity index (χ1n) is 4.36. The highest BCUT2D eigenvalue weighted by Crippen LogP contribution is 2.29. The van der Waals surface area contributed by atoms with Crippen LogP contribution in [0.4, 0.5) is 0 Å². The average molecular weight is 152 g/mol. The zero-order valence-corrected chi connectivity index (χ0v) is 7.09.